The van der Waals surface area contributed by atoms with Gasteiger partial charge in [0.25, 0.3) is 0 Å². The fraction of sp³-hybridized carbons (Fsp3) is 0.600. The van der Waals surface area contributed by atoms with Crippen LogP contribution in [0.5, 0.6) is 5.75 Å². The number of hydrogen-bond donors (Lipinski definition) is 0. The zero-order chi connectivity index (χ0) is 12.4. The van der Waals surface area contributed by atoms with Crippen molar-refractivity contribution in [3.05, 3.63) is 29.8 Å². The molecule has 1 aliphatic carbocycles. The normalized spacial score (nSPS) is 28.6. The predicted molar refractivity (Wildman–Crippen MR) is 76.1 cm³/mol. The van der Waals surface area contributed by atoms with E-state index in [1.807, 2.05) is 0 Å². The van der Waals surface area contributed by atoms with E-state index >= 15 is 0 Å². The van der Waals surface area contributed by atoms with Gasteiger partial charge >= 0.3 is 0 Å². The van der Waals surface area contributed by atoms with Crippen molar-refractivity contribution < 1.29 is 4.74 Å². The molecule has 17 heavy (non-hydrogen) atoms. The Balaban J connectivity index is 2.25. The average molecular weight is 297 g/mol. The molecule has 0 aromatic heterocycles. The van der Waals surface area contributed by atoms with Crippen LogP contribution in [0, 0.1) is 5.92 Å². The third kappa shape index (κ3) is 2.85. The number of benzene rings is 1. The fourth-order valence-electron chi connectivity index (χ4n) is 2.70. The van der Waals surface area contributed by atoms with Gasteiger partial charge in [-0.25, -0.2) is 0 Å². The van der Waals surface area contributed by atoms with Crippen molar-refractivity contribution in [2.45, 2.75) is 50.5 Å². The maximum Gasteiger partial charge on any atom is 0.123 e. The third-order valence-corrected chi connectivity index (χ3v) is 4.93. The van der Waals surface area contributed by atoms with E-state index in [9.17, 15) is 0 Å². The molecule has 2 heteroatoms. The average Bonchev–Trinajstić information content (AvgIpc) is 2.60. The minimum Gasteiger partial charge on any atom is -0.491 e. The molecule has 1 saturated carbocycles. The van der Waals surface area contributed by atoms with Gasteiger partial charge in [-0.2, -0.15) is 0 Å². The van der Waals surface area contributed by atoms with E-state index in [1.165, 1.54) is 18.4 Å². The van der Waals surface area contributed by atoms with E-state index in [4.69, 9.17) is 4.74 Å². The highest BCUT2D eigenvalue weighted by Crippen LogP contribution is 2.45. The summed E-state index contributed by atoms with van der Waals surface area (Å²) in [6, 6.07) is 8.51. The van der Waals surface area contributed by atoms with Crippen molar-refractivity contribution in [2.75, 3.05) is 0 Å². The molecule has 0 aliphatic heterocycles. The largest absolute Gasteiger partial charge is 0.491 e. The van der Waals surface area contributed by atoms with Crippen molar-refractivity contribution in [1.82, 2.24) is 0 Å². The fourth-order valence-corrected chi connectivity index (χ4v) is 3.34. The third-order valence-electron chi connectivity index (χ3n) is 3.64. The van der Waals surface area contributed by atoms with Gasteiger partial charge in [-0.1, -0.05) is 41.1 Å². The van der Waals surface area contributed by atoms with Gasteiger partial charge < -0.3 is 4.74 Å². The molecular weight excluding hydrogens is 276 g/mol. The molecule has 94 valence electrons. The maximum absolute atomic E-state index is 5.93. The van der Waals surface area contributed by atoms with Crippen LogP contribution < -0.4 is 4.74 Å². The Kier molecular flexibility index (Phi) is 4.13. The highest BCUT2D eigenvalue weighted by molar-refractivity contribution is 9.09. The van der Waals surface area contributed by atoms with E-state index in [0.29, 0.717) is 16.7 Å². The van der Waals surface area contributed by atoms with Gasteiger partial charge in [-0.05, 0) is 50.2 Å². The number of ether oxygens (including phenoxy) is 1. The molecule has 2 rings (SSSR count). The van der Waals surface area contributed by atoms with Crippen LogP contribution in [-0.4, -0.2) is 10.9 Å². The minimum atomic E-state index is 0.243. The highest BCUT2D eigenvalue weighted by Gasteiger charge is 2.33. The molecule has 1 fully saturated rings. The van der Waals surface area contributed by atoms with E-state index in [2.05, 4.69) is 61.0 Å². The van der Waals surface area contributed by atoms with Crippen LogP contribution in [0.4, 0.5) is 0 Å². The molecule has 0 bridgehead atoms. The second-order valence-corrected chi connectivity index (χ2v) is 6.44. The standard InChI is InChI=1S/C15H21BrO/c1-10(2)17-15-7-5-4-6-13(15)12-8-9-14(16)11(12)3/h4-7,10-12,14H,8-9H2,1-3H3. The number of hydrogen-bond acceptors (Lipinski definition) is 1. The number of alkyl halides is 1. The SMILES string of the molecule is CC(C)Oc1ccccc1C1CCC(Br)C1C. The van der Waals surface area contributed by atoms with Gasteiger partial charge in [0, 0.05) is 4.83 Å². The molecule has 0 amide bonds. The zero-order valence-corrected chi connectivity index (χ0v) is 12.4. The summed E-state index contributed by atoms with van der Waals surface area (Å²) in [5.74, 6) is 2.39. The van der Waals surface area contributed by atoms with Crippen molar-refractivity contribution in [1.29, 1.82) is 0 Å². The quantitative estimate of drug-likeness (QED) is 0.731. The summed E-state index contributed by atoms with van der Waals surface area (Å²) in [6.07, 6.45) is 2.77. The summed E-state index contributed by atoms with van der Waals surface area (Å²) in [5.41, 5.74) is 1.38. The molecule has 1 aliphatic rings. The molecule has 3 atom stereocenters. The van der Waals surface area contributed by atoms with Crippen LogP contribution >= 0.6 is 15.9 Å². The van der Waals surface area contributed by atoms with E-state index in [1.54, 1.807) is 0 Å². The summed E-state index contributed by atoms with van der Waals surface area (Å²) in [7, 11) is 0. The van der Waals surface area contributed by atoms with Crippen molar-refractivity contribution >= 4 is 15.9 Å². The molecule has 0 radical (unpaired) electrons. The van der Waals surface area contributed by atoms with Crippen LogP contribution in [0.25, 0.3) is 0 Å². The van der Waals surface area contributed by atoms with Crippen LogP contribution in [0.1, 0.15) is 45.1 Å². The monoisotopic (exact) mass is 296 g/mol. The van der Waals surface area contributed by atoms with Crippen molar-refractivity contribution in [3.63, 3.8) is 0 Å². The highest BCUT2D eigenvalue weighted by atomic mass is 79.9. The molecule has 1 nitrogen and oxygen atoms in total. The second kappa shape index (κ2) is 5.43. The number of rotatable bonds is 3. The Morgan fingerprint density at radius 2 is 1.94 bits per heavy atom. The van der Waals surface area contributed by atoms with Crippen LogP contribution in [0.3, 0.4) is 0 Å². The van der Waals surface area contributed by atoms with Crippen LogP contribution in [0.15, 0.2) is 24.3 Å². The Morgan fingerprint density at radius 1 is 1.24 bits per heavy atom. The van der Waals surface area contributed by atoms with Crippen molar-refractivity contribution in [3.8, 4) is 5.75 Å². The molecule has 1 aromatic carbocycles. The first-order valence-electron chi connectivity index (χ1n) is 6.49. The Morgan fingerprint density at radius 3 is 2.53 bits per heavy atom. The smallest absolute Gasteiger partial charge is 0.123 e. The molecule has 0 heterocycles. The zero-order valence-electron chi connectivity index (χ0n) is 10.8. The lowest BCUT2D eigenvalue weighted by Gasteiger charge is -2.22. The first-order chi connectivity index (χ1) is 8.09. The number of halogens is 1. The molecule has 1 aromatic rings. The first kappa shape index (κ1) is 12.9. The summed E-state index contributed by atoms with van der Waals surface area (Å²) >= 11 is 3.78. The van der Waals surface area contributed by atoms with Crippen LogP contribution in [0.2, 0.25) is 0 Å². The molecule has 3 unspecified atom stereocenters. The van der Waals surface area contributed by atoms with Gasteiger partial charge in [0.1, 0.15) is 5.75 Å². The van der Waals surface area contributed by atoms with Gasteiger partial charge in [0.15, 0.2) is 0 Å². The molecule has 0 N–H and O–H groups in total. The van der Waals surface area contributed by atoms with Gasteiger partial charge in [0.05, 0.1) is 6.10 Å². The van der Waals surface area contributed by atoms with Crippen molar-refractivity contribution in [2.24, 2.45) is 5.92 Å². The Bertz CT molecular complexity index is 375. The van der Waals surface area contributed by atoms with E-state index < -0.39 is 0 Å². The number of para-hydroxylation sites is 1. The lowest BCUT2D eigenvalue weighted by molar-refractivity contribution is 0.237. The summed E-state index contributed by atoms with van der Waals surface area (Å²) in [6.45, 7) is 6.51. The van der Waals surface area contributed by atoms with E-state index in [-0.39, 0.29) is 6.10 Å². The summed E-state index contributed by atoms with van der Waals surface area (Å²) < 4.78 is 5.93. The molecular formula is C15H21BrO. The first-order valence-corrected chi connectivity index (χ1v) is 7.40. The predicted octanol–water partition coefficient (Wildman–Crippen LogP) is 4.75. The second-order valence-electron chi connectivity index (χ2n) is 5.26. The summed E-state index contributed by atoms with van der Waals surface area (Å²) in [4.78, 5) is 0.652. The van der Waals surface area contributed by atoms with Gasteiger partial charge in [-0.3, -0.25) is 0 Å². The maximum atomic E-state index is 5.93. The topological polar surface area (TPSA) is 9.23 Å². The molecule has 0 spiro atoms. The lowest BCUT2D eigenvalue weighted by atomic mass is 9.89. The minimum absolute atomic E-state index is 0.243. The van der Waals surface area contributed by atoms with Crippen LogP contribution in [-0.2, 0) is 0 Å². The van der Waals surface area contributed by atoms with Gasteiger partial charge in [0.2, 0.25) is 0 Å². The van der Waals surface area contributed by atoms with E-state index in [0.717, 1.165) is 5.75 Å². The molecule has 0 saturated heterocycles. The Labute approximate surface area is 113 Å². The summed E-state index contributed by atoms with van der Waals surface area (Å²) in [5, 5.41) is 0. The lowest BCUT2D eigenvalue weighted by Crippen LogP contribution is -2.13. The van der Waals surface area contributed by atoms with Gasteiger partial charge in [-0.15, -0.1) is 0 Å². The Hall–Kier alpha value is -0.500.